The van der Waals surface area contributed by atoms with E-state index in [9.17, 15) is 9.59 Å². The lowest BCUT2D eigenvalue weighted by molar-refractivity contribution is 0.414. The maximum absolute atomic E-state index is 15.3. The van der Waals surface area contributed by atoms with Crippen LogP contribution in [0.4, 0.5) is 10.1 Å². The Bertz CT molecular complexity index is 1230. The van der Waals surface area contributed by atoms with Gasteiger partial charge in [-0.2, -0.15) is 0 Å². The molecule has 3 heterocycles. The first-order valence-electron chi connectivity index (χ1n) is 9.90. The maximum atomic E-state index is 15.3. The van der Waals surface area contributed by atoms with E-state index in [1.54, 1.807) is 0 Å². The van der Waals surface area contributed by atoms with E-state index in [2.05, 4.69) is 9.69 Å². The zero-order valence-corrected chi connectivity index (χ0v) is 18.4. The summed E-state index contributed by atoms with van der Waals surface area (Å²) >= 11 is 1.16. The summed E-state index contributed by atoms with van der Waals surface area (Å²) in [5, 5.41) is 3.50. The van der Waals surface area contributed by atoms with E-state index in [1.807, 2.05) is 16.5 Å². The van der Waals surface area contributed by atoms with Gasteiger partial charge in [0.15, 0.2) is 11.6 Å². The number of rotatable bonds is 5. The number of nitrogens with zero attached hydrogens (tertiary/aromatic N) is 2. The van der Waals surface area contributed by atoms with E-state index in [0.29, 0.717) is 27.7 Å². The van der Waals surface area contributed by atoms with Crippen LogP contribution in [0.5, 0.6) is 5.75 Å². The number of nitrogens with one attached hydrogen (secondary N) is 2. The Morgan fingerprint density at radius 1 is 1.33 bits per heavy atom. The first-order chi connectivity index (χ1) is 14.0. The van der Waals surface area contributed by atoms with Gasteiger partial charge in [0.1, 0.15) is 15.9 Å². The first kappa shape index (κ1) is 21.1. The van der Waals surface area contributed by atoms with Crippen molar-refractivity contribution in [1.82, 2.24) is 14.3 Å². The quantitative estimate of drug-likeness (QED) is 0.619. The van der Waals surface area contributed by atoms with Gasteiger partial charge in [-0.15, -0.1) is 12.4 Å². The number of fused-ring (bicyclic) bond motifs is 2. The van der Waals surface area contributed by atoms with Gasteiger partial charge in [-0.05, 0) is 56.4 Å². The van der Waals surface area contributed by atoms with Crippen LogP contribution in [0, 0.1) is 11.7 Å². The van der Waals surface area contributed by atoms with E-state index in [1.165, 1.54) is 13.2 Å². The summed E-state index contributed by atoms with van der Waals surface area (Å²) in [7, 11) is 3.44. The molecule has 162 valence electrons. The average Bonchev–Trinajstić information content (AvgIpc) is 3.31. The Morgan fingerprint density at radius 2 is 2.10 bits per heavy atom. The number of aromatic amines is 1. The van der Waals surface area contributed by atoms with Crippen molar-refractivity contribution in [3.05, 3.63) is 32.5 Å². The maximum Gasteiger partial charge on any atom is 0.271 e. The predicted molar refractivity (Wildman–Crippen MR) is 120 cm³/mol. The molecule has 0 radical (unpaired) electrons. The van der Waals surface area contributed by atoms with Crippen LogP contribution < -0.4 is 25.9 Å². The van der Waals surface area contributed by atoms with Gasteiger partial charge in [0, 0.05) is 19.1 Å². The first-order valence-corrected chi connectivity index (χ1v) is 10.7. The van der Waals surface area contributed by atoms with Crippen LogP contribution in [-0.2, 0) is 0 Å². The molecule has 1 aliphatic heterocycles. The molecule has 0 unspecified atom stereocenters. The largest absolute Gasteiger partial charge is 0.492 e. The summed E-state index contributed by atoms with van der Waals surface area (Å²) in [6.45, 7) is 2.34. The second-order valence-corrected chi connectivity index (χ2v) is 8.73. The Hall–Kier alpha value is -2.10. The van der Waals surface area contributed by atoms with Gasteiger partial charge in [0.2, 0.25) is 5.43 Å². The fourth-order valence-corrected chi connectivity index (χ4v) is 5.50. The summed E-state index contributed by atoms with van der Waals surface area (Å²) in [6, 6.07) is 1.48. The summed E-state index contributed by atoms with van der Waals surface area (Å²) in [4.78, 5) is 28.0. The van der Waals surface area contributed by atoms with Crippen molar-refractivity contribution in [2.24, 2.45) is 5.92 Å². The highest BCUT2D eigenvalue weighted by Gasteiger charge is 2.34. The highest BCUT2D eigenvalue weighted by atomic mass is 35.5. The van der Waals surface area contributed by atoms with Crippen molar-refractivity contribution >= 4 is 50.7 Å². The molecule has 0 amide bonds. The molecule has 1 saturated carbocycles. The molecular weight excluding hydrogens is 431 g/mol. The van der Waals surface area contributed by atoms with Crippen molar-refractivity contribution in [3.63, 3.8) is 0 Å². The third kappa shape index (κ3) is 3.11. The minimum absolute atomic E-state index is 0. The highest BCUT2D eigenvalue weighted by Crippen LogP contribution is 2.46. The molecule has 7 nitrogen and oxygen atoms in total. The van der Waals surface area contributed by atoms with Gasteiger partial charge >= 0.3 is 0 Å². The van der Waals surface area contributed by atoms with E-state index in [0.717, 1.165) is 50.4 Å². The Morgan fingerprint density at radius 3 is 2.77 bits per heavy atom. The molecular formula is C20H24ClFN4O3S. The van der Waals surface area contributed by atoms with Gasteiger partial charge in [-0.3, -0.25) is 14.0 Å². The van der Waals surface area contributed by atoms with Crippen molar-refractivity contribution in [2.75, 3.05) is 38.7 Å². The summed E-state index contributed by atoms with van der Waals surface area (Å²) < 4.78 is 25.7. The number of halogens is 2. The van der Waals surface area contributed by atoms with Crippen molar-refractivity contribution in [3.8, 4) is 5.75 Å². The molecule has 10 heteroatoms. The molecule has 3 aromatic rings. The number of ether oxygens (including phenoxy) is 1. The van der Waals surface area contributed by atoms with Crippen molar-refractivity contribution < 1.29 is 9.13 Å². The van der Waals surface area contributed by atoms with Gasteiger partial charge in [0.05, 0.1) is 18.0 Å². The molecule has 0 spiro atoms. The SMILES string of the molecule is CNC[C@@H]1CCN(c2c(F)cc3c(=O)c4c(=O)[nH]sc4n(C4CC4)c3c2OC)C1.Cl. The van der Waals surface area contributed by atoms with Crippen molar-refractivity contribution in [1.29, 1.82) is 0 Å². The summed E-state index contributed by atoms with van der Waals surface area (Å²) in [5.74, 6) is 0.338. The third-order valence-corrected chi connectivity index (χ3v) is 6.89. The topological polar surface area (TPSA) is 79.4 Å². The molecule has 30 heavy (non-hydrogen) atoms. The number of aromatic nitrogens is 2. The lowest BCUT2D eigenvalue weighted by Gasteiger charge is -2.24. The molecule has 2 aromatic heterocycles. The molecule has 1 aliphatic carbocycles. The predicted octanol–water partition coefficient (Wildman–Crippen LogP) is 2.85. The van der Waals surface area contributed by atoms with Crippen LogP contribution in [0.15, 0.2) is 15.7 Å². The van der Waals surface area contributed by atoms with E-state index < -0.39 is 16.8 Å². The number of hydrogen-bond acceptors (Lipinski definition) is 6. The Labute approximate surface area is 182 Å². The third-order valence-electron chi connectivity index (χ3n) is 6.01. The fourth-order valence-electron chi connectivity index (χ4n) is 4.58. The standard InChI is InChI=1S/C20H23FN4O3S.ClH/c1-22-8-10-5-6-24(9-10)16-13(21)7-12-15(18(16)28-2)25(11-3-4-11)20-14(17(12)26)19(27)23-29-20;/h7,10-11,22H,3-6,8-9H2,1-2H3,(H,23,27);1H/t10-;/m0./s1. The van der Waals surface area contributed by atoms with E-state index >= 15 is 4.39 Å². The van der Waals surface area contributed by atoms with E-state index in [4.69, 9.17) is 4.74 Å². The Balaban J connectivity index is 0.00000218. The molecule has 2 fully saturated rings. The highest BCUT2D eigenvalue weighted by molar-refractivity contribution is 7.12. The van der Waals surface area contributed by atoms with Gasteiger partial charge in [-0.1, -0.05) is 0 Å². The molecule has 1 atom stereocenters. The number of anilines is 1. The normalized spacial score (nSPS) is 18.9. The second-order valence-electron chi connectivity index (χ2n) is 7.94. The van der Waals surface area contributed by atoms with E-state index in [-0.39, 0.29) is 29.2 Å². The van der Waals surface area contributed by atoms with Crippen LogP contribution in [0.1, 0.15) is 25.3 Å². The van der Waals surface area contributed by atoms with Crippen molar-refractivity contribution in [2.45, 2.75) is 25.3 Å². The molecule has 2 aliphatic rings. The second kappa shape index (κ2) is 7.86. The minimum Gasteiger partial charge on any atom is -0.492 e. The summed E-state index contributed by atoms with van der Waals surface area (Å²) in [5.41, 5.74) is 0.155. The van der Waals surface area contributed by atoms with Gasteiger partial charge < -0.3 is 19.5 Å². The molecule has 1 aromatic carbocycles. The van der Waals surface area contributed by atoms with Crippen LogP contribution >= 0.6 is 23.9 Å². The smallest absolute Gasteiger partial charge is 0.271 e. The minimum atomic E-state index is -0.482. The number of methoxy groups -OCH3 is 1. The molecule has 0 bridgehead atoms. The number of benzene rings is 1. The van der Waals surface area contributed by atoms with Gasteiger partial charge in [0.25, 0.3) is 5.56 Å². The number of pyridine rings is 1. The zero-order chi connectivity index (χ0) is 20.3. The monoisotopic (exact) mass is 454 g/mol. The fraction of sp³-hybridized carbons (Fsp3) is 0.500. The average molecular weight is 455 g/mol. The van der Waals surface area contributed by atoms with Crippen LogP contribution in [0.2, 0.25) is 0 Å². The Kier molecular flexibility index (Phi) is 5.54. The number of hydrogen-bond donors (Lipinski definition) is 2. The van der Waals surface area contributed by atoms with Crippen LogP contribution in [0.25, 0.3) is 21.1 Å². The molecule has 1 saturated heterocycles. The summed E-state index contributed by atoms with van der Waals surface area (Å²) in [6.07, 6.45) is 2.89. The van der Waals surface area contributed by atoms with Crippen LogP contribution in [-0.4, -0.2) is 42.7 Å². The number of H-pyrrole nitrogens is 1. The lowest BCUT2D eigenvalue weighted by Crippen LogP contribution is -2.26. The molecule has 5 rings (SSSR count). The molecule has 2 N–H and O–H groups in total. The van der Waals surface area contributed by atoms with Gasteiger partial charge in [-0.25, -0.2) is 4.39 Å². The van der Waals surface area contributed by atoms with Crippen LogP contribution in [0.3, 0.4) is 0 Å². The zero-order valence-electron chi connectivity index (χ0n) is 16.8. The lowest BCUT2D eigenvalue weighted by atomic mass is 10.1.